The van der Waals surface area contributed by atoms with E-state index in [-0.39, 0.29) is 24.0 Å². The van der Waals surface area contributed by atoms with Crippen molar-refractivity contribution in [3.05, 3.63) is 51.5 Å². The fraction of sp³-hybridized carbons (Fsp3) is 0.375. The number of halogens is 1. The molecule has 0 spiro atoms. The largest absolute Gasteiger partial charge is 0.351 e. The van der Waals surface area contributed by atoms with Gasteiger partial charge in [-0.2, -0.15) is 0 Å². The van der Waals surface area contributed by atoms with E-state index in [0.29, 0.717) is 0 Å². The van der Waals surface area contributed by atoms with E-state index in [4.69, 9.17) is 0 Å². The third-order valence-corrected chi connectivity index (χ3v) is 4.30. The van der Waals surface area contributed by atoms with Crippen LogP contribution in [0.15, 0.2) is 34.8 Å². The van der Waals surface area contributed by atoms with Crippen molar-refractivity contribution in [2.45, 2.75) is 26.9 Å². The molecule has 0 aliphatic carbocycles. The highest BCUT2D eigenvalue weighted by Gasteiger charge is 2.08. The van der Waals surface area contributed by atoms with Crippen molar-refractivity contribution >= 4 is 41.3 Å². The van der Waals surface area contributed by atoms with Crippen LogP contribution in [0.3, 0.4) is 0 Å². The van der Waals surface area contributed by atoms with Gasteiger partial charge in [-0.3, -0.25) is 4.99 Å². The molecule has 0 amide bonds. The molecule has 0 radical (unpaired) electrons. The van der Waals surface area contributed by atoms with Gasteiger partial charge in [0, 0.05) is 25.5 Å². The summed E-state index contributed by atoms with van der Waals surface area (Å²) in [4.78, 5) is 12.0. The zero-order chi connectivity index (χ0) is 15.2. The Morgan fingerprint density at radius 2 is 1.95 bits per heavy atom. The first-order chi connectivity index (χ1) is 10.1. The summed E-state index contributed by atoms with van der Waals surface area (Å²) >= 11 is 1.67. The van der Waals surface area contributed by atoms with E-state index in [1.54, 1.807) is 11.3 Å². The predicted octanol–water partition coefficient (Wildman–Crippen LogP) is 3.59. The summed E-state index contributed by atoms with van der Waals surface area (Å²) in [6, 6.07) is 8.60. The minimum atomic E-state index is 0. The second-order valence-electron chi connectivity index (χ2n) is 5.10. The van der Waals surface area contributed by atoms with Crippen molar-refractivity contribution in [1.82, 2.24) is 15.2 Å². The molecule has 0 bridgehead atoms. The summed E-state index contributed by atoms with van der Waals surface area (Å²) in [6.45, 7) is 5.74. The van der Waals surface area contributed by atoms with Crippen molar-refractivity contribution < 1.29 is 0 Å². The van der Waals surface area contributed by atoms with E-state index in [1.807, 2.05) is 19.5 Å². The van der Waals surface area contributed by atoms with Crippen LogP contribution in [0.4, 0.5) is 0 Å². The van der Waals surface area contributed by atoms with Gasteiger partial charge in [0.2, 0.25) is 0 Å². The third kappa shape index (κ3) is 5.24. The number of nitrogens with zero attached hydrogens (tertiary/aromatic N) is 3. The van der Waals surface area contributed by atoms with Gasteiger partial charge in [0.1, 0.15) is 0 Å². The van der Waals surface area contributed by atoms with Gasteiger partial charge in [-0.1, -0.05) is 29.8 Å². The molecule has 2 rings (SSSR count). The Balaban J connectivity index is 0.00000242. The minimum absolute atomic E-state index is 0. The molecule has 1 N–H and O–H groups in total. The molecular weight excluding hydrogens is 407 g/mol. The smallest absolute Gasteiger partial charge is 0.193 e. The van der Waals surface area contributed by atoms with Crippen LogP contribution in [0.5, 0.6) is 0 Å². The highest BCUT2D eigenvalue weighted by molar-refractivity contribution is 14.0. The summed E-state index contributed by atoms with van der Waals surface area (Å²) in [5.41, 5.74) is 5.53. The quantitative estimate of drug-likeness (QED) is 0.458. The SMILES string of the molecule is CN=C(NCc1scnc1C)N(C)Cc1ccc(C)cc1.I. The number of thiazole rings is 1. The molecule has 0 aliphatic rings. The standard InChI is InChI=1S/C16H22N4S.HI/c1-12-5-7-14(8-6-12)10-20(4)16(17-3)18-9-15-13(2)19-11-21-15;/h5-8,11H,9-10H2,1-4H3,(H,17,18);1H. The average Bonchev–Trinajstić information content (AvgIpc) is 2.88. The van der Waals surface area contributed by atoms with Gasteiger partial charge < -0.3 is 10.2 Å². The van der Waals surface area contributed by atoms with Gasteiger partial charge in [-0.15, -0.1) is 35.3 Å². The zero-order valence-corrected chi connectivity index (χ0v) is 16.6. The van der Waals surface area contributed by atoms with E-state index in [0.717, 1.165) is 24.7 Å². The van der Waals surface area contributed by atoms with Crippen molar-refractivity contribution in [1.29, 1.82) is 0 Å². The van der Waals surface area contributed by atoms with Crippen LogP contribution in [0.25, 0.3) is 0 Å². The van der Waals surface area contributed by atoms with Gasteiger partial charge in [-0.05, 0) is 19.4 Å². The van der Waals surface area contributed by atoms with Gasteiger partial charge in [0.05, 0.1) is 17.7 Å². The maximum absolute atomic E-state index is 4.35. The van der Waals surface area contributed by atoms with E-state index in [9.17, 15) is 0 Å². The Kier molecular flexibility index (Phi) is 7.81. The summed E-state index contributed by atoms with van der Waals surface area (Å²) in [5.74, 6) is 0.892. The van der Waals surface area contributed by atoms with Crippen LogP contribution >= 0.6 is 35.3 Å². The first-order valence-corrected chi connectivity index (χ1v) is 7.84. The Bertz CT molecular complexity index is 607. The molecule has 1 heterocycles. The van der Waals surface area contributed by atoms with Crippen LogP contribution in [-0.2, 0) is 13.1 Å². The lowest BCUT2D eigenvalue weighted by Crippen LogP contribution is -2.38. The fourth-order valence-corrected chi connectivity index (χ4v) is 2.80. The molecule has 0 saturated carbocycles. The Morgan fingerprint density at radius 3 is 2.50 bits per heavy atom. The molecule has 2 aromatic rings. The van der Waals surface area contributed by atoms with Gasteiger partial charge in [0.25, 0.3) is 0 Å². The topological polar surface area (TPSA) is 40.5 Å². The monoisotopic (exact) mass is 430 g/mol. The number of guanidine groups is 1. The van der Waals surface area contributed by atoms with Crippen LogP contribution in [0, 0.1) is 13.8 Å². The molecule has 0 fully saturated rings. The van der Waals surface area contributed by atoms with Crippen molar-refractivity contribution in [2.24, 2.45) is 4.99 Å². The van der Waals surface area contributed by atoms with Crippen LogP contribution in [0.1, 0.15) is 21.7 Å². The molecule has 1 aromatic carbocycles. The number of nitrogens with one attached hydrogen (secondary N) is 1. The highest BCUT2D eigenvalue weighted by atomic mass is 127. The molecule has 0 atom stereocenters. The maximum atomic E-state index is 4.35. The lowest BCUT2D eigenvalue weighted by molar-refractivity contribution is 0.477. The number of hydrogen-bond acceptors (Lipinski definition) is 3. The number of aryl methyl sites for hydroxylation is 2. The average molecular weight is 430 g/mol. The van der Waals surface area contributed by atoms with Crippen molar-refractivity contribution in [2.75, 3.05) is 14.1 Å². The fourth-order valence-electron chi connectivity index (χ4n) is 2.08. The minimum Gasteiger partial charge on any atom is -0.351 e. The van der Waals surface area contributed by atoms with Crippen LogP contribution in [0.2, 0.25) is 0 Å². The molecule has 1 aromatic heterocycles. The first kappa shape index (κ1) is 18.9. The lowest BCUT2D eigenvalue weighted by Gasteiger charge is -2.22. The van der Waals surface area contributed by atoms with Crippen molar-refractivity contribution in [3.8, 4) is 0 Å². The summed E-state index contributed by atoms with van der Waals surface area (Å²) in [7, 11) is 3.86. The maximum Gasteiger partial charge on any atom is 0.193 e. The number of rotatable bonds is 4. The second-order valence-corrected chi connectivity index (χ2v) is 6.04. The lowest BCUT2D eigenvalue weighted by atomic mass is 10.1. The van der Waals surface area contributed by atoms with Gasteiger partial charge in [0.15, 0.2) is 5.96 Å². The van der Waals surface area contributed by atoms with E-state index >= 15 is 0 Å². The number of aliphatic imine (C=N–C) groups is 1. The molecule has 0 saturated heterocycles. The summed E-state index contributed by atoms with van der Waals surface area (Å²) in [5, 5.41) is 3.39. The highest BCUT2D eigenvalue weighted by Crippen LogP contribution is 2.11. The van der Waals surface area contributed by atoms with Crippen LogP contribution in [-0.4, -0.2) is 29.9 Å². The summed E-state index contributed by atoms with van der Waals surface area (Å²) < 4.78 is 0. The number of hydrogen-bond donors (Lipinski definition) is 1. The first-order valence-electron chi connectivity index (χ1n) is 6.96. The van der Waals surface area contributed by atoms with E-state index in [1.165, 1.54) is 16.0 Å². The van der Waals surface area contributed by atoms with E-state index in [2.05, 4.69) is 58.4 Å². The molecule has 0 unspecified atom stereocenters. The zero-order valence-electron chi connectivity index (χ0n) is 13.5. The van der Waals surface area contributed by atoms with Crippen molar-refractivity contribution in [3.63, 3.8) is 0 Å². The molecule has 4 nitrogen and oxygen atoms in total. The summed E-state index contributed by atoms with van der Waals surface area (Å²) in [6.07, 6.45) is 0. The van der Waals surface area contributed by atoms with Gasteiger partial charge >= 0.3 is 0 Å². The Hall–Kier alpha value is -1.15. The predicted molar refractivity (Wildman–Crippen MR) is 105 cm³/mol. The molecule has 6 heteroatoms. The Morgan fingerprint density at radius 1 is 1.27 bits per heavy atom. The molecule has 22 heavy (non-hydrogen) atoms. The molecular formula is C16H23IN4S. The third-order valence-electron chi connectivity index (χ3n) is 3.37. The normalized spacial score (nSPS) is 11.0. The number of benzene rings is 1. The molecule has 0 aliphatic heterocycles. The van der Waals surface area contributed by atoms with Gasteiger partial charge in [-0.25, -0.2) is 4.98 Å². The number of aromatic nitrogens is 1. The molecule has 120 valence electrons. The van der Waals surface area contributed by atoms with Crippen LogP contribution < -0.4 is 5.32 Å². The van der Waals surface area contributed by atoms with E-state index < -0.39 is 0 Å². The Labute approximate surface area is 153 Å². The second kappa shape index (κ2) is 9.09.